The Hall–Kier alpha value is -1.01. The van der Waals surface area contributed by atoms with Crippen LogP contribution in [0.4, 0.5) is 0 Å². The first-order valence-corrected chi connectivity index (χ1v) is 14.2. The van der Waals surface area contributed by atoms with Gasteiger partial charge in [0.2, 0.25) is 12.7 Å². The fourth-order valence-corrected chi connectivity index (χ4v) is 9.72. The first-order valence-electron chi connectivity index (χ1n) is 10.6. The van der Waals surface area contributed by atoms with Crippen molar-refractivity contribution >= 4 is 50.4 Å². The zero-order valence-electron chi connectivity index (χ0n) is 18.2. The molecule has 11 heteroatoms. The van der Waals surface area contributed by atoms with Gasteiger partial charge in [-0.25, -0.2) is 4.79 Å². The number of nitrogens with zero attached hydrogens (tertiary/aromatic N) is 1. The molecule has 0 aromatic heterocycles. The topological polar surface area (TPSA) is 116 Å². The molecule has 0 aromatic rings. The minimum absolute atomic E-state index is 0.121. The average molecular weight is 488 g/mol. The molecule has 1 N–H and O–H groups in total. The zero-order chi connectivity index (χ0) is 22.9. The minimum Gasteiger partial charge on any atom is -0.861 e. The van der Waals surface area contributed by atoms with E-state index < -0.39 is 44.7 Å². The van der Waals surface area contributed by atoms with Gasteiger partial charge in [0.1, 0.15) is 10.8 Å². The number of esters is 2. The number of carbonyl (C=O) groups excluding carboxylic acids is 3. The van der Waals surface area contributed by atoms with Crippen molar-refractivity contribution in [3.8, 4) is 0 Å². The number of β-lactam (4-membered cyclic amide) rings is 1. The van der Waals surface area contributed by atoms with E-state index in [0.717, 1.165) is 6.42 Å². The van der Waals surface area contributed by atoms with E-state index in [2.05, 4.69) is 0 Å². The molecule has 1 amide bonds. The van der Waals surface area contributed by atoms with Crippen molar-refractivity contribution in [2.75, 3.05) is 6.79 Å². The van der Waals surface area contributed by atoms with Crippen LogP contribution in [0.25, 0.3) is 0 Å². The fourth-order valence-electron chi connectivity index (χ4n) is 3.95. The SMILES string of the molecule is CCC(CC)C(=O)OCOC(=O)C1=C(SC2CC[Si]([O-])C2)SC2N1C(=O)C2(C)C(C)O. The molecule has 31 heavy (non-hydrogen) atoms. The van der Waals surface area contributed by atoms with E-state index >= 15 is 0 Å². The summed E-state index contributed by atoms with van der Waals surface area (Å²) in [6.45, 7) is 6.52. The molecular weight excluding hydrogens is 458 g/mol. The zero-order valence-corrected chi connectivity index (χ0v) is 20.8. The van der Waals surface area contributed by atoms with Crippen LogP contribution in [0.2, 0.25) is 12.1 Å². The monoisotopic (exact) mass is 487 g/mol. The first kappa shape index (κ1) is 24.6. The molecule has 2 fully saturated rings. The molecule has 0 spiro atoms. The fraction of sp³-hybridized carbons (Fsp3) is 0.750. The van der Waals surface area contributed by atoms with Gasteiger partial charge in [-0.2, -0.15) is 0 Å². The van der Waals surface area contributed by atoms with Crippen molar-refractivity contribution in [1.82, 2.24) is 4.90 Å². The van der Waals surface area contributed by atoms with Gasteiger partial charge in [0.15, 0.2) is 5.70 Å². The summed E-state index contributed by atoms with van der Waals surface area (Å²) in [6, 6.07) is 1.31. The summed E-state index contributed by atoms with van der Waals surface area (Å²) in [7, 11) is -1.57. The Bertz CT molecular complexity index is 773. The number of hydrogen-bond acceptors (Lipinski definition) is 9. The van der Waals surface area contributed by atoms with Gasteiger partial charge in [0, 0.05) is 5.25 Å². The summed E-state index contributed by atoms with van der Waals surface area (Å²) in [4.78, 5) is 51.0. The van der Waals surface area contributed by atoms with E-state index in [0.29, 0.717) is 29.2 Å². The molecule has 0 saturated carbocycles. The summed E-state index contributed by atoms with van der Waals surface area (Å²) in [5, 5.41) is 9.90. The summed E-state index contributed by atoms with van der Waals surface area (Å²) < 4.78 is 10.9. The van der Waals surface area contributed by atoms with Crippen LogP contribution >= 0.6 is 23.5 Å². The molecule has 3 heterocycles. The molecule has 4 atom stereocenters. The number of fused-ring (bicyclic) bond motifs is 1. The van der Waals surface area contributed by atoms with Crippen LogP contribution in [0.3, 0.4) is 0 Å². The van der Waals surface area contributed by atoms with Gasteiger partial charge in [0.05, 0.1) is 16.3 Å². The Morgan fingerprint density at radius 1 is 1.39 bits per heavy atom. The Morgan fingerprint density at radius 2 is 2.06 bits per heavy atom. The van der Waals surface area contributed by atoms with Gasteiger partial charge in [0.25, 0.3) is 0 Å². The Morgan fingerprint density at radius 3 is 2.61 bits per heavy atom. The number of aliphatic hydroxyl groups excluding tert-OH is 1. The van der Waals surface area contributed by atoms with Crippen molar-refractivity contribution in [3.63, 3.8) is 0 Å². The minimum atomic E-state index is -1.57. The van der Waals surface area contributed by atoms with E-state index in [1.165, 1.54) is 28.4 Å². The van der Waals surface area contributed by atoms with Crippen molar-refractivity contribution in [3.05, 3.63) is 9.93 Å². The van der Waals surface area contributed by atoms with Gasteiger partial charge in [-0.05, 0) is 33.1 Å². The van der Waals surface area contributed by atoms with Gasteiger partial charge < -0.3 is 19.4 Å². The second-order valence-electron chi connectivity index (χ2n) is 8.29. The van der Waals surface area contributed by atoms with Gasteiger partial charge >= 0.3 is 11.9 Å². The molecule has 173 valence electrons. The highest BCUT2D eigenvalue weighted by Gasteiger charge is 2.66. The number of aliphatic hydroxyl groups is 1. The first-order chi connectivity index (χ1) is 14.6. The molecule has 1 radical (unpaired) electrons. The van der Waals surface area contributed by atoms with Crippen molar-refractivity contribution in [1.29, 1.82) is 0 Å². The number of ether oxygens (including phenoxy) is 2. The maximum atomic E-state index is 12.9. The molecule has 2 saturated heterocycles. The third kappa shape index (κ3) is 4.57. The summed E-state index contributed by atoms with van der Waals surface area (Å²) >= 11 is 2.82. The highest BCUT2D eigenvalue weighted by molar-refractivity contribution is 8.23. The molecule has 3 aliphatic heterocycles. The van der Waals surface area contributed by atoms with Crippen LogP contribution in [0.5, 0.6) is 0 Å². The summed E-state index contributed by atoms with van der Waals surface area (Å²) in [5.41, 5.74) is -0.864. The van der Waals surface area contributed by atoms with E-state index in [1.54, 1.807) is 13.8 Å². The molecule has 8 nitrogen and oxygen atoms in total. The number of rotatable bonds is 9. The van der Waals surface area contributed by atoms with E-state index in [1.807, 2.05) is 13.8 Å². The lowest BCUT2D eigenvalue weighted by Gasteiger charge is -2.52. The maximum Gasteiger partial charge on any atom is 0.359 e. The van der Waals surface area contributed by atoms with Crippen molar-refractivity contribution in [2.24, 2.45) is 11.3 Å². The molecule has 4 unspecified atom stereocenters. The van der Waals surface area contributed by atoms with E-state index in [9.17, 15) is 24.3 Å². The van der Waals surface area contributed by atoms with E-state index in [-0.39, 0.29) is 22.8 Å². The lowest BCUT2D eigenvalue weighted by Crippen LogP contribution is -2.68. The number of hydrogen-bond donors (Lipinski definition) is 1. The third-order valence-corrected chi connectivity index (χ3v) is 11.5. The molecule has 3 aliphatic rings. The van der Waals surface area contributed by atoms with Crippen LogP contribution in [-0.4, -0.2) is 60.4 Å². The Kier molecular flexibility index (Phi) is 7.83. The number of carbonyl (C=O) groups is 3. The van der Waals surface area contributed by atoms with Gasteiger partial charge in [-0.1, -0.05) is 46.7 Å². The highest BCUT2D eigenvalue weighted by atomic mass is 32.2. The molecule has 0 aromatic carbocycles. The normalized spacial score (nSPS) is 29.3. The standard InChI is InChI=1S/C20H29NO7S2Si/c1-5-12(6-2)15(23)27-10-28-16(24)14-17(29-13-7-8-31(26)9-13)30-19-20(4,11(3)22)18(25)21(14)19/h11-13,19,22H,5-10H2,1-4H3/q-1. The predicted molar refractivity (Wildman–Crippen MR) is 118 cm³/mol. The summed E-state index contributed by atoms with van der Waals surface area (Å²) in [5.74, 6) is -1.74. The molecule has 3 rings (SSSR count). The quantitative estimate of drug-likeness (QED) is 0.225. The lowest BCUT2D eigenvalue weighted by atomic mass is 9.75. The highest BCUT2D eigenvalue weighted by Crippen LogP contribution is 2.60. The molecule has 0 bridgehead atoms. The lowest BCUT2D eigenvalue weighted by molar-refractivity contribution is -0.193. The van der Waals surface area contributed by atoms with E-state index in [4.69, 9.17) is 9.47 Å². The molecular formula is C20H29NO7S2Si-. The average Bonchev–Trinajstić information content (AvgIpc) is 3.30. The van der Waals surface area contributed by atoms with Crippen LogP contribution in [-0.2, 0) is 23.9 Å². The summed E-state index contributed by atoms with van der Waals surface area (Å²) in [6.07, 6.45) is 1.20. The van der Waals surface area contributed by atoms with Crippen molar-refractivity contribution in [2.45, 2.75) is 75.8 Å². The van der Waals surface area contributed by atoms with Gasteiger partial charge in [-0.3, -0.25) is 14.5 Å². The second-order valence-corrected chi connectivity index (χ2v) is 12.9. The van der Waals surface area contributed by atoms with Crippen LogP contribution in [0, 0.1) is 11.3 Å². The van der Waals surface area contributed by atoms with Crippen molar-refractivity contribution < 1.29 is 33.8 Å². The number of amides is 1. The predicted octanol–water partition coefficient (Wildman–Crippen LogP) is 1.80. The Balaban J connectivity index is 1.73. The maximum absolute atomic E-state index is 12.9. The second kappa shape index (κ2) is 9.86. The van der Waals surface area contributed by atoms with Crippen LogP contribution < -0.4 is 4.80 Å². The smallest absolute Gasteiger partial charge is 0.359 e. The third-order valence-electron chi connectivity index (χ3n) is 6.33. The van der Waals surface area contributed by atoms with Crippen LogP contribution in [0.15, 0.2) is 9.93 Å². The largest absolute Gasteiger partial charge is 0.861 e. The molecule has 0 aliphatic carbocycles. The van der Waals surface area contributed by atoms with Gasteiger partial charge in [-0.15, -0.1) is 11.8 Å². The van der Waals surface area contributed by atoms with Crippen LogP contribution in [0.1, 0.15) is 47.0 Å². The Labute approximate surface area is 192 Å². The number of thioether (sulfide) groups is 2.